The molecule has 0 amide bonds. The van der Waals surface area contributed by atoms with Crippen LogP contribution in [0.2, 0.25) is 0 Å². The molecule has 0 fully saturated rings. The number of aromatic nitrogens is 1. The quantitative estimate of drug-likeness (QED) is 0.238. The van der Waals surface area contributed by atoms with Crippen molar-refractivity contribution in [3.8, 4) is 11.5 Å². The molecule has 0 N–H and O–H groups in total. The van der Waals surface area contributed by atoms with Crippen LogP contribution in [0, 0.1) is 0 Å². The lowest BCUT2D eigenvalue weighted by atomic mass is 9.95. The van der Waals surface area contributed by atoms with E-state index in [-0.39, 0.29) is 11.7 Å². The summed E-state index contributed by atoms with van der Waals surface area (Å²) in [6.45, 7) is 5.78. The molecule has 0 bridgehead atoms. The maximum Gasteiger partial charge on any atom is 0.338 e. The molecule has 5 rings (SSSR count). The van der Waals surface area contributed by atoms with Gasteiger partial charge in [0, 0.05) is 10.0 Å². The van der Waals surface area contributed by atoms with Crippen molar-refractivity contribution in [2.45, 2.75) is 39.5 Å². The van der Waals surface area contributed by atoms with Crippen molar-refractivity contribution in [3.05, 3.63) is 125 Å². The third-order valence-corrected chi connectivity index (χ3v) is 7.95. The molecule has 1 aliphatic rings. The van der Waals surface area contributed by atoms with Crippen molar-refractivity contribution in [1.29, 1.82) is 0 Å². The van der Waals surface area contributed by atoms with Gasteiger partial charge in [-0.15, -0.1) is 0 Å². The molecule has 4 aromatic rings. The van der Waals surface area contributed by atoms with Crippen molar-refractivity contribution < 1.29 is 19.0 Å². The number of allylic oxidation sites excluding steroid dienone is 1. The molecule has 0 spiro atoms. The molecular weight excluding hydrogens is 604 g/mol. The Morgan fingerprint density at radius 2 is 1.88 bits per heavy atom. The van der Waals surface area contributed by atoms with Gasteiger partial charge < -0.3 is 14.2 Å². The van der Waals surface area contributed by atoms with Gasteiger partial charge in [0.15, 0.2) is 4.80 Å². The molecule has 0 saturated heterocycles. The summed E-state index contributed by atoms with van der Waals surface area (Å²) in [5.74, 6) is 0.716. The summed E-state index contributed by atoms with van der Waals surface area (Å²) >= 11 is 4.80. The average Bonchev–Trinajstić information content (AvgIpc) is 3.25. The highest BCUT2D eigenvalue weighted by Crippen LogP contribution is 2.37. The van der Waals surface area contributed by atoms with Crippen molar-refractivity contribution in [1.82, 2.24) is 4.57 Å². The number of fused-ring (bicyclic) bond motifs is 1. The zero-order chi connectivity index (χ0) is 29.1. The molecule has 3 aromatic carbocycles. The Morgan fingerprint density at radius 1 is 1.10 bits per heavy atom. The lowest BCUT2D eigenvalue weighted by molar-refractivity contribution is -0.143. The van der Waals surface area contributed by atoms with Gasteiger partial charge in [-0.2, -0.15) is 0 Å². The molecule has 210 valence electrons. The van der Waals surface area contributed by atoms with E-state index in [0.29, 0.717) is 44.3 Å². The number of carbonyl (C=O) groups excluding carboxylic acids is 1. The number of benzene rings is 3. The Hall–Kier alpha value is -3.95. The second-order valence-corrected chi connectivity index (χ2v) is 11.7. The van der Waals surface area contributed by atoms with Crippen LogP contribution in [0.15, 0.2) is 98.3 Å². The Kier molecular flexibility index (Phi) is 8.56. The highest BCUT2D eigenvalue weighted by Gasteiger charge is 2.35. The van der Waals surface area contributed by atoms with Crippen LogP contribution >= 0.6 is 27.3 Å². The van der Waals surface area contributed by atoms with Crippen molar-refractivity contribution in [3.63, 3.8) is 0 Å². The van der Waals surface area contributed by atoms with E-state index in [0.717, 1.165) is 15.6 Å². The first kappa shape index (κ1) is 28.6. The van der Waals surface area contributed by atoms with Crippen LogP contribution in [0.3, 0.4) is 0 Å². The number of hydrogen-bond acceptors (Lipinski definition) is 7. The molecule has 41 heavy (non-hydrogen) atoms. The van der Waals surface area contributed by atoms with E-state index in [1.54, 1.807) is 38.5 Å². The van der Waals surface area contributed by atoms with Crippen LogP contribution in [-0.4, -0.2) is 23.8 Å². The van der Waals surface area contributed by atoms with Gasteiger partial charge in [-0.25, -0.2) is 9.79 Å². The van der Waals surface area contributed by atoms with Crippen molar-refractivity contribution in [2.75, 3.05) is 7.11 Å². The van der Waals surface area contributed by atoms with Crippen molar-refractivity contribution in [2.24, 2.45) is 4.99 Å². The van der Waals surface area contributed by atoms with E-state index in [9.17, 15) is 9.59 Å². The molecular formula is C32H29BrN2O5S. The van der Waals surface area contributed by atoms with E-state index < -0.39 is 12.0 Å². The summed E-state index contributed by atoms with van der Waals surface area (Å²) in [6, 6.07) is 22.2. The fourth-order valence-corrected chi connectivity index (χ4v) is 6.09. The van der Waals surface area contributed by atoms with E-state index in [1.165, 1.54) is 11.3 Å². The number of rotatable bonds is 8. The number of hydrogen-bond donors (Lipinski definition) is 0. The molecule has 0 saturated carbocycles. The van der Waals surface area contributed by atoms with Gasteiger partial charge in [0.1, 0.15) is 24.1 Å². The molecule has 0 unspecified atom stereocenters. The highest BCUT2D eigenvalue weighted by atomic mass is 79.9. The predicted octanol–water partition coefficient (Wildman–Crippen LogP) is 5.54. The van der Waals surface area contributed by atoms with Gasteiger partial charge in [0.25, 0.3) is 5.56 Å². The topological polar surface area (TPSA) is 79.1 Å². The molecule has 9 heteroatoms. The molecule has 0 aliphatic carbocycles. The lowest BCUT2D eigenvalue weighted by Crippen LogP contribution is -2.40. The molecule has 1 aromatic heterocycles. The first-order chi connectivity index (χ1) is 19.7. The third-order valence-electron chi connectivity index (χ3n) is 6.47. The number of ether oxygens (including phenoxy) is 3. The van der Waals surface area contributed by atoms with Gasteiger partial charge in [0.2, 0.25) is 0 Å². The predicted molar refractivity (Wildman–Crippen MR) is 163 cm³/mol. The standard InChI is InChI=1S/C32H29BrN2O5S/c1-19(2)40-31(37)28-20(3)34-32-35(29(28)25-17-23(33)13-14-26(25)38-4)30(36)27(41-32)16-22-11-8-12-24(15-22)39-18-21-9-6-5-7-10-21/h5-17,19,29H,18H2,1-4H3/b27-16-/t29-/m0/s1. The van der Waals surface area contributed by atoms with Crippen molar-refractivity contribution >= 4 is 39.3 Å². The summed E-state index contributed by atoms with van der Waals surface area (Å²) in [6.07, 6.45) is 1.48. The lowest BCUT2D eigenvalue weighted by Gasteiger charge is -2.26. The monoisotopic (exact) mass is 632 g/mol. The van der Waals surface area contributed by atoms with Crippen LogP contribution in [0.25, 0.3) is 6.08 Å². The first-order valence-electron chi connectivity index (χ1n) is 13.1. The summed E-state index contributed by atoms with van der Waals surface area (Å²) in [5.41, 5.74) is 3.05. The molecule has 7 nitrogen and oxygen atoms in total. The number of methoxy groups -OCH3 is 1. The Labute approximate surface area is 250 Å². The average molecular weight is 634 g/mol. The largest absolute Gasteiger partial charge is 0.496 e. The second kappa shape index (κ2) is 12.3. The van der Waals surface area contributed by atoms with Gasteiger partial charge >= 0.3 is 5.97 Å². The van der Waals surface area contributed by atoms with Gasteiger partial charge in [-0.1, -0.05) is 69.7 Å². The minimum Gasteiger partial charge on any atom is -0.496 e. The third kappa shape index (κ3) is 6.21. The molecule has 2 heterocycles. The molecule has 1 atom stereocenters. The Bertz CT molecular complexity index is 1810. The van der Waals surface area contributed by atoms with Crippen LogP contribution in [0.1, 0.15) is 43.5 Å². The van der Waals surface area contributed by atoms with E-state index in [4.69, 9.17) is 14.2 Å². The summed E-state index contributed by atoms with van der Waals surface area (Å²) in [7, 11) is 1.56. The zero-order valence-electron chi connectivity index (χ0n) is 23.1. The fraction of sp³-hybridized carbons (Fsp3) is 0.219. The normalized spacial score (nSPS) is 15.0. The minimum absolute atomic E-state index is 0.265. The van der Waals surface area contributed by atoms with E-state index in [1.807, 2.05) is 72.8 Å². The number of esters is 1. The summed E-state index contributed by atoms with van der Waals surface area (Å²) < 4.78 is 20.1. The zero-order valence-corrected chi connectivity index (χ0v) is 25.5. The van der Waals surface area contributed by atoms with Crippen LogP contribution in [0.5, 0.6) is 11.5 Å². The number of thiazole rings is 1. The molecule has 1 aliphatic heterocycles. The molecule has 0 radical (unpaired) electrons. The van der Waals surface area contributed by atoms with Crippen LogP contribution in [0.4, 0.5) is 0 Å². The van der Waals surface area contributed by atoms with Gasteiger partial charge in [-0.3, -0.25) is 9.36 Å². The number of nitrogens with zero attached hydrogens (tertiary/aromatic N) is 2. The number of halogens is 1. The first-order valence-corrected chi connectivity index (χ1v) is 14.7. The van der Waals surface area contributed by atoms with E-state index >= 15 is 0 Å². The van der Waals surface area contributed by atoms with Gasteiger partial charge in [0.05, 0.1) is 29.0 Å². The SMILES string of the molecule is COc1ccc(Br)cc1[C@H]1C(C(=O)OC(C)C)=C(C)N=c2s/c(=C\c3cccc(OCc4ccccc4)c3)c(=O)n21. The highest BCUT2D eigenvalue weighted by molar-refractivity contribution is 9.10. The fourth-order valence-electron chi connectivity index (χ4n) is 4.66. The smallest absolute Gasteiger partial charge is 0.338 e. The maximum absolute atomic E-state index is 14.0. The Balaban J connectivity index is 1.60. The van der Waals surface area contributed by atoms with Gasteiger partial charge in [-0.05, 0) is 68.3 Å². The maximum atomic E-state index is 14.0. The summed E-state index contributed by atoms with van der Waals surface area (Å²) in [5, 5.41) is 0. The van der Waals surface area contributed by atoms with Crippen LogP contribution in [-0.2, 0) is 16.1 Å². The Morgan fingerprint density at radius 3 is 2.61 bits per heavy atom. The minimum atomic E-state index is -0.785. The number of carbonyl (C=O) groups is 1. The van der Waals surface area contributed by atoms with E-state index in [2.05, 4.69) is 20.9 Å². The second-order valence-electron chi connectivity index (χ2n) is 9.77. The van der Waals surface area contributed by atoms with Crippen LogP contribution < -0.4 is 24.4 Å². The summed E-state index contributed by atoms with van der Waals surface area (Å²) in [4.78, 5) is 32.5.